The molecule has 0 radical (unpaired) electrons. The quantitative estimate of drug-likeness (QED) is 0.447. The fourth-order valence-corrected chi connectivity index (χ4v) is 4.16. The van der Waals surface area contributed by atoms with Crippen molar-refractivity contribution in [3.8, 4) is 5.75 Å². The molecule has 3 aromatic carbocycles. The molecule has 3 aromatic rings. The summed E-state index contributed by atoms with van der Waals surface area (Å²) in [5, 5.41) is 3.71. The predicted molar refractivity (Wildman–Crippen MR) is 136 cm³/mol. The molecule has 174 valence electrons. The molecule has 0 fully saturated rings. The third-order valence-corrected chi connectivity index (χ3v) is 6.07. The van der Waals surface area contributed by atoms with Crippen LogP contribution in [0.5, 0.6) is 5.75 Å². The highest BCUT2D eigenvalue weighted by Gasteiger charge is 2.21. The monoisotopic (exact) mass is 495 g/mol. The van der Waals surface area contributed by atoms with Gasteiger partial charge in [-0.05, 0) is 36.4 Å². The molecule has 4 rings (SSSR count). The summed E-state index contributed by atoms with van der Waals surface area (Å²) in [6.07, 6.45) is -0.0239. The van der Waals surface area contributed by atoms with Gasteiger partial charge in [-0.3, -0.25) is 14.6 Å². The second-order valence-electron chi connectivity index (χ2n) is 7.90. The Labute approximate surface area is 208 Å². The Bertz CT molecular complexity index is 1260. The van der Waals surface area contributed by atoms with Crippen LogP contribution in [0.15, 0.2) is 65.7 Å². The van der Waals surface area contributed by atoms with E-state index in [2.05, 4.69) is 15.2 Å². The van der Waals surface area contributed by atoms with Crippen molar-refractivity contribution in [1.29, 1.82) is 0 Å². The van der Waals surface area contributed by atoms with Crippen LogP contribution in [0.1, 0.15) is 31.8 Å². The largest absolute Gasteiger partial charge is 0.496 e. The molecule has 6 nitrogen and oxygen atoms in total. The summed E-state index contributed by atoms with van der Waals surface area (Å²) in [4.78, 5) is 32.8. The lowest BCUT2D eigenvalue weighted by Crippen LogP contribution is -2.23. The molecule has 0 atom stereocenters. The second kappa shape index (κ2) is 10.3. The van der Waals surface area contributed by atoms with E-state index in [0.29, 0.717) is 32.6 Å². The topological polar surface area (TPSA) is 71.0 Å². The number of likely N-dealkylation sites (N-methyl/N-ethyl adjacent to an activating group) is 1. The van der Waals surface area contributed by atoms with Crippen LogP contribution in [-0.4, -0.2) is 49.7 Å². The molecule has 1 aliphatic rings. The highest BCUT2D eigenvalue weighted by molar-refractivity contribution is 6.31. The van der Waals surface area contributed by atoms with Crippen LogP contribution in [0.25, 0.3) is 0 Å². The van der Waals surface area contributed by atoms with E-state index in [9.17, 15) is 9.59 Å². The highest BCUT2D eigenvalue weighted by Crippen LogP contribution is 2.30. The summed E-state index contributed by atoms with van der Waals surface area (Å²) in [5.41, 5.74) is 2.80. The van der Waals surface area contributed by atoms with Crippen LogP contribution < -0.4 is 10.1 Å². The summed E-state index contributed by atoms with van der Waals surface area (Å²) in [5.74, 6) is 0.748. The first-order valence-corrected chi connectivity index (χ1v) is 11.4. The Morgan fingerprint density at radius 3 is 2.35 bits per heavy atom. The van der Waals surface area contributed by atoms with E-state index in [4.69, 9.17) is 27.9 Å². The first kappa shape index (κ1) is 23.8. The standard InChI is InChI=1S/C26H23Cl2N3O3/c1-31-12-11-29-25(31)17-5-3-16(4-6-17)23(32)15-21-22(13-19(28)14-24(21)34-2)26(33)30-20-9-7-18(27)8-10-20/h3-10,13-14H,11-12,15H2,1-2H3,(H,30,33). The van der Waals surface area contributed by atoms with Crippen LogP contribution in [0.2, 0.25) is 10.0 Å². The Morgan fingerprint density at radius 1 is 1.03 bits per heavy atom. The Morgan fingerprint density at radius 2 is 1.74 bits per heavy atom. The van der Waals surface area contributed by atoms with E-state index < -0.39 is 5.91 Å². The number of nitrogens with one attached hydrogen (secondary N) is 1. The first-order valence-electron chi connectivity index (χ1n) is 10.7. The van der Waals surface area contributed by atoms with Crippen LogP contribution in [-0.2, 0) is 6.42 Å². The first-order chi connectivity index (χ1) is 16.4. The van der Waals surface area contributed by atoms with Crippen molar-refractivity contribution < 1.29 is 14.3 Å². The van der Waals surface area contributed by atoms with Crippen molar-refractivity contribution in [2.75, 3.05) is 32.6 Å². The van der Waals surface area contributed by atoms with Gasteiger partial charge in [-0.1, -0.05) is 47.5 Å². The maximum atomic E-state index is 13.2. The number of halogens is 2. The van der Waals surface area contributed by atoms with E-state index >= 15 is 0 Å². The Kier molecular flexibility index (Phi) is 7.20. The summed E-state index contributed by atoms with van der Waals surface area (Å²) >= 11 is 12.2. The van der Waals surface area contributed by atoms with Crippen molar-refractivity contribution in [2.45, 2.75) is 6.42 Å². The van der Waals surface area contributed by atoms with Crippen LogP contribution in [0.3, 0.4) is 0 Å². The molecular formula is C26H23Cl2N3O3. The van der Waals surface area contributed by atoms with E-state index in [-0.39, 0.29) is 17.8 Å². The molecule has 0 saturated heterocycles. The second-order valence-corrected chi connectivity index (χ2v) is 8.77. The average Bonchev–Trinajstić information content (AvgIpc) is 3.27. The van der Waals surface area contributed by atoms with Crippen molar-refractivity contribution in [1.82, 2.24) is 4.90 Å². The number of rotatable bonds is 7. The van der Waals surface area contributed by atoms with Crippen molar-refractivity contribution in [2.24, 2.45) is 4.99 Å². The van der Waals surface area contributed by atoms with Gasteiger partial charge < -0.3 is 15.0 Å². The molecule has 8 heteroatoms. The summed E-state index contributed by atoms with van der Waals surface area (Å²) in [6.45, 7) is 1.65. The lowest BCUT2D eigenvalue weighted by Gasteiger charge is -2.15. The van der Waals surface area contributed by atoms with E-state index in [1.807, 2.05) is 19.2 Å². The third-order valence-electron chi connectivity index (χ3n) is 5.60. The van der Waals surface area contributed by atoms with Gasteiger partial charge in [-0.2, -0.15) is 0 Å². The molecule has 0 aromatic heterocycles. The van der Waals surface area contributed by atoms with Crippen LogP contribution in [0.4, 0.5) is 5.69 Å². The smallest absolute Gasteiger partial charge is 0.256 e. The molecule has 1 heterocycles. The zero-order valence-corrected chi connectivity index (χ0v) is 20.3. The highest BCUT2D eigenvalue weighted by atomic mass is 35.5. The maximum absolute atomic E-state index is 13.2. The number of amides is 1. The molecule has 34 heavy (non-hydrogen) atoms. The third kappa shape index (κ3) is 5.24. The molecule has 1 N–H and O–H groups in total. The fraction of sp³-hybridized carbons (Fsp3) is 0.192. The SMILES string of the molecule is COc1cc(Cl)cc(C(=O)Nc2ccc(Cl)cc2)c1CC(=O)c1ccc(C2=NCCN2C)cc1. The maximum Gasteiger partial charge on any atom is 0.256 e. The molecule has 0 bridgehead atoms. The van der Waals surface area contributed by atoms with E-state index in [0.717, 1.165) is 24.5 Å². The number of methoxy groups -OCH3 is 1. The van der Waals surface area contributed by atoms with Gasteiger partial charge in [-0.15, -0.1) is 0 Å². The number of hydrogen-bond donors (Lipinski definition) is 1. The van der Waals surface area contributed by atoms with Crippen molar-refractivity contribution in [3.05, 3.63) is 93.0 Å². The number of ether oxygens (including phenoxy) is 1. The molecule has 0 unspecified atom stereocenters. The van der Waals surface area contributed by atoms with E-state index in [1.54, 1.807) is 42.5 Å². The van der Waals surface area contributed by atoms with Gasteiger partial charge in [0.2, 0.25) is 0 Å². The lowest BCUT2D eigenvalue weighted by atomic mass is 9.96. The molecule has 0 aliphatic carbocycles. The molecule has 0 spiro atoms. The van der Waals surface area contributed by atoms with Gasteiger partial charge in [-0.25, -0.2) is 0 Å². The number of carbonyl (C=O) groups excluding carboxylic acids is 2. The van der Waals surface area contributed by atoms with Gasteiger partial charge >= 0.3 is 0 Å². The Hall–Kier alpha value is -3.35. The van der Waals surface area contributed by atoms with Gasteiger partial charge in [0.05, 0.1) is 13.7 Å². The normalized spacial score (nSPS) is 12.9. The minimum Gasteiger partial charge on any atom is -0.496 e. The number of ketones is 1. The van der Waals surface area contributed by atoms with Gasteiger partial charge in [0.25, 0.3) is 5.91 Å². The summed E-state index contributed by atoms with van der Waals surface area (Å²) < 4.78 is 5.46. The minimum atomic E-state index is -0.399. The van der Waals surface area contributed by atoms with Crippen LogP contribution >= 0.6 is 23.2 Å². The molecular weight excluding hydrogens is 473 g/mol. The van der Waals surface area contributed by atoms with Crippen molar-refractivity contribution >= 4 is 46.4 Å². The lowest BCUT2D eigenvalue weighted by molar-refractivity contribution is 0.0991. The molecule has 1 aliphatic heterocycles. The zero-order chi connectivity index (χ0) is 24.2. The number of hydrogen-bond acceptors (Lipinski definition) is 5. The Balaban J connectivity index is 1.59. The number of carbonyl (C=O) groups is 2. The number of amidine groups is 1. The minimum absolute atomic E-state index is 0.0239. The average molecular weight is 496 g/mol. The van der Waals surface area contributed by atoms with Gasteiger partial charge in [0, 0.05) is 58.0 Å². The van der Waals surface area contributed by atoms with Crippen LogP contribution in [0, 0.1) is 0 Å². The zero-order valence-electron chi connectivity index (χ0n) is 18.8. The van der Waals surface area contributed by atoms with E-state index in [1.165, 1.54) is 13.2 Å². The van der Waals surface area contributed by atoms with Gasteiger partial charge in [0.1, 0.15) is 11.6 Å². The number of aliphatic imine (C=N–C) groups is 1. The number of anilines is 1. The fourth-order valence-electron chi connectivity index (χ4n) is 3.82. The number of Topliss-reactive ketones (excluding diaryl/α,β-unsaturated/α-hetero) is 1. The summed E-state index contributed by atoms with van der Waals surface area (Å²) in [6, 6.07) is 17.2. The molecule has 1 amide bonds. The number of benzene rings is 3. The summed E-state index contributed by atoms with van der Waals surface area (Å²) in [7, 11) is 3.47. The predicted octanol–water partition coefficient (Wildman–Crippen LogP) is 5.37. The van der Waals surface area contributed by atoms with Crippen molar-refractivity contribution in [3.63, 3.8) is 0 Å². The van der Waals surface area contributed by atoms with Gasteiger partial charge in [0.15, 0.2) is 5.78 Å². The number of nitrogens with zero attached hydrogens (tertiary/aromatic N) is 2. The molecule has 0 saturated carbocycles.